The van der Waals surface area contributed by atoms with E-state index in [2.05, 4.69) is 5.32 Å². The van der Waals surface area contributed by atoms with Crippen LogP contribution in [0.1, 0.15) is 5.56 Å². The third-order valence-corrected chi connectivity index (χ3v) is 3.37. The molecule has 0 aliphatic rings. The molecule has 5 nitrogen and oxygen atoms in total. The number of amides is 2. The van der Waals surface area contributed by atoms with E-state index in [-0.39, 0.29) is 6.03 Å². The van der Waals surface area contributed by atoms with E-state index in [0.29, 0.717) is 19.8 Å². The number of hydrogen-bond acceptors (Lipinski definition) is 3. The Balaban J connectivity index is 1.98. The summed E-state index contributed by atoms with van der Waals surface area (Å²) >= 11 is 0. The molecule has 0 saturated carbocycles. The fraction of sp³-hybridized carbons (Fsp3) is 0.278. The maximum Gasteiger partial charge on any atom is 0.321 e. The summed E-state index contributed by atoms with van der Waals surface area (Å²) in [5.41, 5.74) is 1.67. The van der Waals surface area contributed by atoms with Gasteiger partial charge in [0, 0.05) is 32.0 Å². The van der Waals surface area contributed by atoms with E-state index in [1.165, 1.54) is 0 Å². The van der Waals surface area contributed by atoms with Crippen molar-refractivity contribution in [2.24, 2.45) is 0 Å². The fourth-order valence-corrected chi connectivity index (χ4v) is 1.99. The van der Waals surface area contributed by atoms with Crippen LogP contribution < -0.4 is 10.1 Å². The summed E-state index contributed by atoms with van der Waals surface area (Å²) in [4.78, 5) is 13.7. The number of nitrogens with one attached hydrogen (secondary N) is 1. The molecule has 122 valence electrons. The van der Waals surface area contributed by atoms with Crippen molar-refractivity contribution in [3.05, 3.63) is 60.2 Å². The molecule has 0 saturated heterocycles. The lowest BCUT2D eigenvalue weighted by Crippen LogP contribution is -2.34. The molecule has 2 rings (SSSR count). The van der Waals surface area contributed by atoms with Gasteiger partial charge < -0.3 is 19.7 Å². The van der Waals surface area contributed by atoms with Crippen LogP contribution in [0.3, 0.4) is 0 Å². The van der Waals surface area contributed by atoms with Crippen molar-refractivity contribution in [2.45, 2.75) is 6.61 Å². The molecular formula is C18H22N2O3. The minimum absolute atomic E-state index is 0.172. The number of rotatable bonds is 7. The molecule has 0 aliphatic heterocycles. The Hall–Kier alpha value is -2.53. The number of carbonyl (C=O) groups excluding carboxylic acids is 1. The molecule has 0 fully saturated rings. The highest BCUT2D eigenvalue weighted by atomic mass is 16.5. The molecule has 0 bridgehead atoms. The lowest BCUT2D eigenvalue weighted by Gasteiger charge is -2.19. The van der Waals surface area contributed by atoms with Gasteiger partial charge in [0.25, 0.3) is 0 Å². The van der Waals surface area contributed by atoms with Crippen molar-refractivity contribution in [1.29, 1.82) is 0 Å². The smallest absolute Gasteiger partial charge is 0.321 e. The molecular weight excluding hydrogens is 292 g/mol. The second kappa shape index (κ2) is 8.80. The standard InChI is InChI=1S/C18H22N2O3/c1-20(12-13-22-2)18(21)19-17-11-7-6-8-15(17)14-23-16-9-4-3-5-10-16/h3-11H,12-14H2,1-2H3,(H,19,21). The van der Waals surface area contributed by atoms with Crippen LogP contribution in [0, 0.1) is 0 Å². The van der Waals surface area contributed by atoms with Crippen LogP contribution in [-0.4, -0.2) is 38.2 Å². The van der Waals surface area contributed by atoms with Crippen molar-refractivity contribution in [1.82, 2.24) is 4.90 Å². The highest BCUT2D eigenvalue weighted by Crippen LogP contribution is 2.18. The Kier molecular flexibility index (Phi) is 6.44. The molecule has 23 heavy (non-hydrogen) atoms. The summed E-state index contributed by atoms with van der Waals surface area (Å²) in [6, 6.07) is 17.0. The van der Waals surface area contributed by atoms with Gasteiger partial charge in [0.2, 0.25) is 0 Å². The van der Waals surface area contributed by atoms with E-state index in [1.807, 2.05) is 54.6 Å². The van der Waals surface area contributed by atoms with E-state index in [1.54, 1.807) is 19.1 Å². The summed E-state index contributed by atoms with van der Waals surface area (Å²) in [5, 5.41) is 2.91. The zero-order valence-corrected chi connectivity index (χ0v) is 13.5. The van der Waals surface area contributed by atoms with Crippen molar-refractivity contribution in [3.8, 4) is 5.75 Å². The molecule has 2 aromatic rings. The van der Waals surface area contributed by atoms with E-state index in [0.717, 1.165) is 17.0 Å². The van der Waals surface area contributed by atoms with E-state index >= 15 is 0 Å². The number of methoxy groups -OCH3 is 1. The predicted molar refractivity (Wildman–Crippen MR) is 90.7 cm³/mol. The number of benzene rings is 2. The van der Waals surface area contributed by atoms with Gasteiger partial charge in [-0.25, -0.2) is 4.79 Å². The van der Waals surface area contributed by atoms with E-state index in [4.69, 9.17) is 9.47 Å². The van der Waals surface area contributed by atoms with Crippen LogP contribution >= 0.6 is 0 Å². The molecule has 0 unspecified atom stereocenters. The van der Waals surface area contributed by atoms with E-state index in [9.17, 15) is 4.79 Å². The van der Waals surface area contributed by atoms with Gasteiger partial charge in [0.1, 0.15) is 12.4 Å². The number of ether oxygens (including phenoxy) is 2. The van der Waals surface area contributed by atoms with Crippen molar-refractivity contribution < 1.29 is 14.3 Å². The van der Waals surface area contributed by atoms with Crippen molar-refractivity contribution in [3.63, 3.8) is 0 Å². The van der Waals surface area contributed by atoms with Crippen LogP contribution in [0.4, 0.5) is 10.5 Å². The Bertz CT molecular complexity index is 617. The highest BCUT2D eigenvalue weighted by molar-refractivity contribution is 5.89. The minimum atomic E-state index is -0.172. The second-order valence-electron chi connectivity index (χ2n) is 5.10. The molecule has 0 spiro atoms. The number of hydrogen-bond donors (Lipinski definition) is 1. The highest BCUT2D eigenvalue weighted by Gasteiger charge is 2.11. The average molecular weight is 314 g/mol. The largest absolute Gasteiger partial charge is 0.489 e. The molecule has 5 heteroatoms. The summed E-state index contributed by atoms with van der Waals surface area (Å²) in [7, 11) is 3.35. The quantitative estimate of drug-likeness (QED) is 0.852. The first-order chi connectivity index (χ1) is 11.2. The number of nitrogens with zero attached hydrogens (tertiary/aromatic N) is 1. The van der Waals surface area contributed by atoms with Gasteiger partial charge in [-0.1, -0.05) is 36.4 Å². The van der Waals surface area contributed by atoms with Crippen molar-refractivity contribution in [2.75, 3.05) is 32.6 Å². The Morgan fingerprint density at radius 3 is 2.52 bits per heavy atom. The van der Waals surface area contributed by atoms with Crippen molar-refractivity contribution >= 4 is 11.7 Å². The number of likely N-dealkylation sites (N-methyl/N-ethyl adjacent to an activating group) is 1. The Morgan fingerprint density at radius 1 is 1.09 bits per heavy atom. The number of anilines is 1. The van der Waals surface area contributed by atoms with Crippen LogP contribution in [0.5, 0.6) is 5.75 Å². The molecule has 0 aromatic heterocycles. The molecule has 2 amide bonds. The first-order valence-electron chi connectivity index (χ1n) is 7.47. The van der Waals surface area contributed by atoms with Crippen LogP contribution in [0.25, 0.3) is 0 Å². The average Bonchev–Trinajstić information content (AvgIpc) is 2.59. The van der Waals surface area contributed by atoms with Crippen LogP contribution in [-0.2, 0) is 11.3 Å². The molecule has 1 N–H and O–H groups in total. The second-order valence-corrected chi connectivity index (χ2v) is 5.10. The normalized spacial score (nSPS) is 10.2. The van der Waals surface area contributed by atoms with E-state index < -0.39 is 0 Å². The fourth-order valence-electron chi connectivity index (χ4n) is 1.99. The van der Waals surface area contributed by atoms with Gasteiger partial charge in [-0.2, -0.15) is 0 Å². The minimum Gasteiger partial charge on any atom is -0.489 e. The zero-order valence-electron chi connectivity index (χ0n) is 13.5. The monoisotopic (exact) mass is 314 g/mol. The lowest BCUT2D eigenvalue weighted by atomic mass is 10.2. The third kappa shape index (κ3) is 5.30. The summed E-state index contributed by atoms with van der Waals surface area (Å²) < 4.78 is 10.7. The van der Waals surface area contributed by atoms with Gasteiger partial charge in [0.15, 0.2) is 0 Å². The SMILES string of the molecule is COCCN(C)C(=O)Nc1ccccc1COc1ccccc1. The van der Waals surface area contributed by atoms with Crippen LogP contribution in [0.2, 0.25) is 0 Å². The predicted octanol–water partition coefficient (Wildman–Crippen LogP) is 3.38. The maximum absolute atomic E-state index is 12.2. The molecule has 2 aromatic carbocycles. The zero-order chi connectivity index (χ0) is 16.5. The summed E-state index contributed by atoms with van der Waals surface area (Å²) in [5.74, 6) is 0.797. The third-order valence-electron chi connectivity index (χ3n) is 3.37. The number of urea groups is 1. The Labute approximate surface area is 136 Å². The first-order valence-corrected chi connectivity index (χ1v) is 7.47. The van der Waals surface area contributed by atoms with Gasteiger partial charge in [0.05, 0.1) is 6.61 Å². The Morgan fingerprint density at radius 2 is 1.78 bits per heavy atom. The molecule has 0 atom stereocenters. The molecule has 0 radical (unpaired) electrons. The van der Waals surface area contributed by atoms with Crippen LogP contribution in [0.15, 0.2) is 54.6 Å². The number of para-hydroxylation sites is 2. The van der Waals surface area contributed by atoms with Gasteiger partial charge in [-0.3, -0.25) is 0 Å². The summed E-state index contributed by atoms with van der Waals surface area (Å²) in [6.07, 6.45) is 0. The van der Waals surface area contributed by atoms with Gasteiger partial charge in [-0.05, 0) is 18.2 Å². The molecule has 0 heterocycles. The van der Waals surface area contributed by atoms with Gasteiger partial charge in [-0.15, -0.1) is 0 Å². The maximum atomic E-state index is 12.2. The first kappa shape index (κ1) is 16.8. The summed E-state index contributed by atoms with van der Waals surface area (Å²) in [6.45, 7) is 1.43. The topological polar surface area (TPSA) is 50.8 Å². The molecule has 0 aliphatic carbocycles. The van der Waals surface area contributed by atoms with Gasteiger partial charge >= 0.3 is 6.03 Å². The number of carbonyl (C=O) groups is 1. The lowest BCUT2D eigenvalue weighted by molar-refractivity contribution is 0.165.